The van der Waals surface area contributed by atoms with Crippen molar-refractivity contribution in [3.05, 3.63) is 24.3 Å². The fraction of sp³-hybridized carbons (Fsp3) is 0.887. The van der Waals surface area contributed by atoms with Crippen LogP contribution in [0.2, 0.25) is 0 Å². The van der Waals surface area contributed by atoms with Crippen molar-refractivity contribution in [1.29, 1.82) is 0 Å². The van der Waals surface area contributed by atoms with Gasteiger partial charge in [-0.1, -0.05) is 134 Å². The monoisotopic (exact) mass is 923 g/mol. The second-order valence-electron chi connectivity index (χ2n) is 19.6. The van der Waals surface area contributed by atoms with E-state index in [0.717, 1.165) is 38.0 Å². The SMILES string of the molecule is CCCCCC=CC1C(CCCCCCCCC(=O)NCCN(CCN(CCN(C)CC(O)CO)CC(O)CO)CC(O)CO)C=CC(CCCCC)C1CCCCCCCCC(C)=O. The van der Waals surface area contributed by atoms with Crippen molar-refractivity contribution in [2.75, 3.05) is 85.8 Å². The van der Waals surface area contributed by atoms with Gasteiger partial charge in [0.25, 0.3) is 0 Å². The molecule has 65 heavy (non-hydrogen) atoms. The molecular weight excluding hydrogens is 821 g/mol. The fourth-order valence-corrected chi connectivity index (χ4v) is 9.53. The average molecular weight is 923 g/mol. The first-order valence-corrected chi connectivity index (χ1v) is 26.6. The van der Waals surface area contributed by atoms with Crippen LogP contribution in [0.4, 0.5) is 0 Å². The lowest BCUT2D eigenvalue weighted by Crippen LogP contribution is -2.46. The molecule has 0 heterocycles. The smallest absolute Gasteiger partial charge is 0.220 e. The normalized spacial score (nSPS) is 19.2. The number of carbonyl (C=O) groups excluding carboxylic acids is 2. The number of aliphatic hydroxyl groups excluding tert-OH is 6. The number of likely N-dealkylation sites (N-methyl/N-ethyl adjacent to an activating group) is 1. The standard InChI is InChI=1S/C53H102N4O8/c1-5-7-9-14-22-28-52-47(32-31-46(26-19-8-6-2)51(52)29-23-17-12-10-15-20-25-45(3)61)27-21-16-11-13-18-24-30-53(65)54-33-34-56(40-49(63)43-59)37-38-57(41-50(64)44-60)36-35-55(4)39-48(62)42-58/h22,28,31-32,46-52,58-60,62-64H,5-21,23-27,29-30,33-44H2,1-4H3,(H,54,65). The molecule has 0 aromatic rings. The van der Waals surface area contributed by atoms with Crippen LogP contribution in [0.1, 0.15) is 175 Å². The molecule has 7 N–H and O–H groups in total. The van der Waals surface area contributed by atoms with Crippen LogP contribution in [0.3, 0.4) is 0 Å². The summed E-state index contributed by atoms with van der Waals surface area (Å²) in [6.07, 6.45) is 35.9. The van der Waals surface area contributed by atoms with Gasteiger partial charge in [0.2, 0.25) is 5.91 Å². The molecule has 7 unspecified atom stereocenters. The van der Waals surface area contributed by atoms with Gasteiger partial charge in [0.05, 0.1) is 38.1 Å². The maximum absolute atomic E-state index is 12.8. The minimum Gasteiger partial charge on any atom is -0.394 e. The predicted molar refractivity (Wildman–Crippen MR) is 268 cm³/mol. The molecule has 0 fully saturated rings. The van der Waals surface area contributed by atoms with Crippen molar-refractivity contribution in [2.45, 2.75) is 193 Å². The molecule has 0 spiro atoms. The van der Waals surface area contributed by atoms with Crippen LogP contribution in [-0.2, 0) is 9.59 Å². The molecule has 382 valence electrons. The summed E-state index contributed by atoms with van der Waals surface area (Å²) >= 11 is 0. The number of rotatable bonds is 45. The molecule has 0 saturated carbocycles. The quantitative estimate of drug-likeness (QED) is 0.0241. The van der Waals surface area contributed by atoms with Gasteiger partial charge >= 0.3 is 0 Å². The second-order valence-corrected chi connectivity index (χ2v) is 19.6. The first-order valence-electron chi connectivity index (χ1n) is 26.6. The van der Waals surface area contributed by atoms with E-state index in [4.69, 9.17) is 5.11 Å². The number of hydrogen-bond acceptors (Lipinski definition) is 11. The number of aliphatic hydroxyl groups is 6. The Kier molecular flexibility index (Phi) is 38.9. The number of ketones is 1. The molecule has 1 rings (SSSR count). The highest BCUT2D eigenvalue weighted by Crippen LogP contribution is 2.43. The molecule has 0 bridgehead atoms. The highest BCUT2D eigenvalue weighted by Gasteiger charge is 2.33. The zero-order valence-electron chi connectivity index (χ0n) is 42.1. The van der Waals surface area contributed by atoms with E-state index in [1.165, 1.54) is 116 Å². The van der Waals surface area contributed by atoms with Crippen LogP contribution in [0, 0.1) is 23.7 Å². The Morgan fingerprint density at radius 3 is 1.66 bits per heavy atom. The lowest BCUT2D eigenvalue weighted by atomic mass is 9.66. The zero-order chi connectivity index (χ0) is 47.9. The lowest BCUT2D eigenvalue weighted by Gasteiger charge is -2.39. The predicted octanol–water partition coefficient (Wildman–Crippen LogP) is 7.28. The highest BCUT2D eigenvalue weighted by molar-refractivity contribution is 5.75. The minimum atomic E-state index is -0.919. The molecule has 0 radical (unpaired) electrons. The molecule has 1 aliphatic carbocycles. The first kappa shape index (κ1) is 61.3. The van der Waals surface area contributed by atoms with E-state index in [0.29, 0.717) is 75.8 Å². The topological polar surface area (TPSA) is 177 Å². The van der Waals surface area contributed by atoms with E-state index < -0.39 is 18.3 Å². The molecule has 12 heteroatoms. The first-order chi connectivity index (χ1) is 31.5. The molecule has 1 aliphatic rings. The largest absolute Gasteiger partial charge is 0.394 e. The number of allylic oxidation sites excluding steroid dienone is 4. The van der Waals surface area contributed by atoms with Crippen molar-refractivity contribution in [3.8, 4) is 0 Å². The Bertz CT molecular complexity index is 1190. The van der Waals surface area contributed by atoms with Crippen molar-refractivity contribution < 1.29 is 40.2 Å². The Balaban J connectivity index is 2.60. The van der Waals surface area contributed by atoms with Crippen LogP contribution in [-0.4, -0.2) is 161 Å². The van der Waals surface area contributed by atoms with E-state index in [1.807, 2.05) is 21.7 Å². The number of unbranched alkanes of at least 4 members (excludes halogenated alkanes) is 15. The summed E-state index contributed by atoms with van der Waals surface area (Å²) in [6, 6.07) is 0. The van der Waals surface area contributed by atoms with Gasteiger partial charge in [0, 0.05) is 71.7 Å². The van der Waals surface area contributed by atoms with Gasteiger partial charge in [-0.3, -0.25) is 14.6 Å². The van der Waals surface area contributed by atoms with Gasteiger partial charge in [-0.25, -0.2) is 0 Å². The molecule has 0 aromatic heterocycles. The number of hydrogen-bond donors (Lipinski definition) is 7. The van der Waals surface area contributed by atoms with Gasteiger partial charge in [-0.2, -0.15) is 0 Å². The van der Waals surface area contributed by atoms with Crippen LogP contribution in [0.5, 0.6) is 0 Å². The third-order valence-electron chi connectivity index (χ3n) is 13.5. The Morgan fingerprint density at radius 1 is 0.585 bits per heavy atom. The van der Waals surface area contributed by atoms with Gasteiger partial charge < -0.3 is 45.7 Å². The van der Waals surface area contributed by atoms with E-state index in [9.17, 15) is 35.1 Å². The summed E-state index contributed by atoms with van der Waals surface area (Å²) in [6.45, 7) is 9.15. The van der Waals surface area contributed by atoms with E-state index in [1.54, 1.807) is 6.92 Å². The van der Waals surface area contributed by atoms with Crippen LogP contribution in [0.15, 0.2) is 24.3 Å². The summed E-state index contributed by atoms with van der Waals surface area (Å²) < 4.78 is 0. The van der Waals surface area contributed by atoms with Crippen molar-refractivity contribution in [3.63, 3.8) is 0 Å². The van der Waals surface area contributed by atoms with Crippen molar-refractivity contribution >= 4 is 11.7 Å². The molecule has 0 aliphatic heterocycles. The number of nitrogens with one attached hydrogen (secondary N) is 1. The highest BCUT2D eigenvalue weighted by atomic mass is 16.3. The molecule has 1 amide bonds. The van der Waals surface area contributed by atoms with Gasteiger partial charge in [0.15, 0.2) is 0 Å². The van der Waals surface area contributed by atoms with Crippen molar-refractivity contribution in [2.24, 2.45) is 23.7 Å². The van der Waals surface area contributed by atoms with E-state index in [2.05, 4.69) is 43.5 Å². The number of Topliss-reactive ketones (excluding diaryl/α,β-unsaturated/α-hetero) is 1. The molecular formula is C53H102N4O8. The van der Waals surface area contributed by atoms with E-state index in [-0.39, 0.29) is 38.8 Å². The van der Waals surface area contributed by atoms with Crippen molar-refractivity contribution in [1.82, 2.24) is 20.0 Å². The maximum atomic E-state index is 12.8. The summed E-state index contributed by atoms with van der Waals surface area (Å²) in [5, 5.41) is 61.3. The molecule has 7 atom stereocenters. The summed E-state index contributed by atoms with van der Waals surface area (Å²) in [7, 11) is 1.84. The maximum Gasteiger partial charge on any atom is 0.220 e. The van der Waals surface area contributed by atoms with Gasteiger partial charge in [0.1, 0.15) is 5.78 Å². The van der Waals surface area contributed by atoms with Gasteiger partial charge in [-0.05, 0) is 82.6 Å². The van der Waals surface area contributed by atoms with Crippen LogP contribution < -0.4 is 5.32 Å². The average Bonchev–Trinajstić information content (AvgIpc) is 3.29. The second kappa shape index (κ2) is 41.3. The third-order valence-corrected chi connectivity index (χ3v) is 13.5. The molecule has 12 nitrogen and oxygen atoms in total. The molecule has 0 saturated heterocycles. The number of carbonyl (C=O) groups is 2. The number of nitrogens with zero attached hydrogens (tertiary/aromatic N) is 3. The van der Waals surface area contributed by atoms with Gasteiger partial charge in [-0.15, -0.1) is 0 Å². The van der Waals surface area contributed by atoms with Crippen LogP contribution in [0.25, 0.3) is 0 Å². The zero-order valence-corrected chi connectivity index (χ0v) is 42.1. The summed E-state index contributed by atoms with van der Waals surface area (Å²) in [5.74, 6) is 3.01. The summed E-state index contributed by atoms with van der Waals surface area (Å²) in [5.41, 5.74) is 0. The Labute approximate surface area is 397 Å². The molecule has 0 aromatic carbocycles. The Hall–Kier alpha value is -1.74. The number of amides is 1. The lowest BCUT2D eigenvalue weighted by molar-refractivity contribution is -0.121. The summed E-state index contributed by atoms with van der Waals surface area (Å²) in [4.78, 5) is 30.0. The van der Waals surface area contributed by atoms with E-state index >= 15 is 0 Å². The minimum absolute atomic E-state index is 0.0264. The van der Waals surface area contributed by atoms with Crippen LogP contribution >= 0.6 is 0 Å². The fourth-order valence-electron chi connectivity index (χ4n) is 9.53. The Morgan fingerprint density at radius 2 is 1.06 bits per heavy atom. The third kappa shape index (κ3) is 32.6.